The van der Waals surface area contributed by atoms with Crippen LogP contribution in [-0.2, 0) is 18.6 Å². The van der Waals surface area contributed by atoms with Crippen molar-refractivity contribution in [3.8, 4) is 0 Å². The van der Waals surface area contributed by atoms with Crippen LogP contribution in [0.1, 0.15) is 0 Å². The number of hydrogen-bond donors (Lipinski definition) is 8. The first-order valence-corrected chi connectivity index (χ1v) is 8.08. The predicted octanol–water partition coefficient (Wildman–Crippen LogP) is -4.37. The second-order valence-corrected chi connectivity index (χ2v) is 6.11. The summed E-state index contributed by atoms with van der Waals surface area (Å²) in [6.45, 7) is -2.16. The summed E-state index contributed by atoms with van der Waals surface area (Å²) in [5, 5.41) is 55.7. The fraction of sp³-hybridized carbons (Fsp3) is 1.00. The van der Waals surface area contributed by atoms with Gasteiger partial charge in [-0.15, -0.1) is 0 Å². The topological polar surface area (TPSA) is 207 Å². The second kappa shape index (κ2) is 8.76. The second-order valence-electron chi connectivity index (χ2n) is 4.92. The van der Waals surface area contributed by atoms with E-state index < -0.39 is 70.6 Å². The maximum Gasteiger partial charge on any atom is 0.470 e. The highest BCUT2D eigenvalue weighted by Crippen LogP contribution is 2.42. The summed E-state index contributed by atoms with van der Waals surface area (Å²) in [5.74, 6) is 0. The zero-order chi connectivity index (χ0) is 17.8. The van der Waals surface area contributed by atoms with Gasteiger partial charge in [-0.2, -0.15) is 0 Å². The molecule has 1 aliphatic heterocycles. The van der Waals surface area contributed by atoms with E-state index in [0.717, 1.165) is 0 Å². The van der Waals surface area contributed by atoms with Crippen LogP contribution < -0.4 is 0 Å². The average Bonchev–Trinajstić information content (AvgIpc) is 2.77. The van der Waals surface area contributed by atoms with Gasteiger partial charge < -0.3 is 49.9 Å². The Morgan fingerprint density at radius 2 is 1.74 bits per heavy atom. The van der Waals surface area contributed by atoms with Crippen LogP contribution in [0.3, 0.4) is 0 Å². The maximum absolute atomic E-state index is 10.8. The maximum atomic E-state index is 10.8. The van der Waals surface area contributed by atoms with Gasteiger partial charge >= 0.3 is 7.82 Å². The first kappa shape index (κ1) is 20.8. The lowest BCUT2D eigenvalue weighted by Crippen LogP contribution is -2.43. The molecule has 7 atom stereocenters. The van der Waals surface area contributed by atoms with Crippen molar-refractivity contribution >= 4 is 7.82 Å². The molecule has 138 valence electrons. The smallest absolute Gasteiger partial charge is 0.394 e. The molecule has 0 bridgehead atoms. The fourth-order valence-electron chi connectivity index (χ4n) is 1.94. The van der Waals surface area contributed by atoms with E-state index >= 15 is 0 Å². The Hall–Kier alpha value is -0.210. The van der Waals surface area contributed by atoms with Crippen molar-refractivity contribution in [2.45, 2.75) is 42.9 Å². The van der Waals surface area contributed by atoms with E-state index in [4.69, 9.17) is 34.6 Å². The van der Waals surface area contributed by atoms with Gasteiger partial charge in [-0.3, -0.25) is 4.52 Å². The summed E-state index contributed by atoms with van der Waals surface area (Å²) in [7, 11) is -4.96. The average molecular weight is 364 g/mol. The molecule has 13 heteroatoms. The lowest BCUT2D eigenvalue weighted by Gasteiger charge is -2.24. The van der Waals surface area contributed by atoms with E-state index in [-0.39, 0.29) is 0 Å². The molecule has 0 radical (unpaired) electrons. The van der Waals surface area contributed by atoms with E-state index in [0.29, 0.717) is 0 Å². The van der Waals surface area contributed by atoms with Crippen LogP contribution in [-0.4, -0.2) is 103 Å². The molecule has 12 nitrogen and oxygen atoms in total. The molecule has 0 aromatic carbocycles. The van der Waals surface area contributed by atoms with E-state index in [1.807, 2.05) is 0 Å². The third-order valence-corrected chi connectivity index (χ3v) is 3.65. The summed E-state index contributed by atoms with van der Waals surface area (Å²) in [6, 6.07) is 0. The lowest BCUT2D eigenvalue weighted by molar-refractivity contribution is -0.194. The Morgan fingerprint density at radius 3 is 2.22 bits per heavy atom. The minimum Gasteiger partial charge on any atom is -0.394 e. The summed E-state index contributed by atoms with van der Waals surface area (Å²) in [4.78, 5) is 17.5. The molecule has 0 aliphatic carbocycles. The number of phosphoric acid groups is 1. The zero-order valence-electron chi connectivity index (χ0n) is 11.8. The Balaban J connectivity index is 2.59. The molecule has 0 spiro atoms. The van der Waals surface area contributed by atoms with E-state index in [1.54, 1.807) is 0 Å². The Kier molecular flexibility index (Phi) is 7.93. The Bertz CT molecular complexity index is 401. The van der Waals surface area contributed by atoms with Crippen LogP contribution in [0, 0.1) is 0 Å². The van der Waals surface area contributed by atoms with Crippen LogP contribution in [0.15, 0.2) is 0 Å². The number of aliphatic hydroxyl groups is 6. The fourth-order valence-corrected chi connectivity index (χ4v) is 2.51. The molecule has 1 heterocycles. The molecule has 1 aliphatic rings. The molecule has 0 saturated carbocycles. The first-order chi connectivity index (χ1) is 10.6. The predicted molar refractivity (Wildman–Crippen MR) is 69.7 cm³/mol. The normalized spacial score (nSPS) is 32.7. The summed E-state index contributed by atoms with van der Waals surface area (Å²) < 4.78 is 25.1. The van der Waals surface area contributed by atoms with Gasteiger partial charge in [0.2, 0.25) is 0 Å². The van der Waals surface area contributed by atoms with Crippen molar-refractivity contribution in [3.05, 3.63) is 0 Å². The van der Waals surface area contributed by atoms with Gasteiger partial charge in [0.1, 0.15) is 36.6 Å². The highest BCUT2D eigenvalue weighted by molar-refractivity contribution is 7.46. The first-order valence-electron chi connectivity index (χ1n) is 6.55. The molecule has 1 rings (SSSR count). The van der Waals surface area contributed by atoms with Gasteiger partial charge in [-0.05, 0) is 0 Å². The van der Waals surface area contributed by atoms with Crippen molar-refractivity contribution in [2.75, 3.05) is 19.8 Å². The van der Waals surface area contributed by atoms with Gasteiger partial charge in [-0.1, -0.05) is 0 Å². The summed E-state index contributed by atoms with van der Waals surface area (Å²) in [6.07, 6.45) is -11.0. The quantitative estimate of drug-likeness (QED) is 0.183. The largest absolute Gasteiger partial charge is 0.470 e. The number of ether oxygens (including phenoxy) is 2. The molecule has 0 aromatic rings. The standard InChI is InChI=1S/C10H21O12P/c11-1-4(13)7(15)5(14)3-20-10-8(16)9(6(2-12)21-10)22-23(17,18)19/h4-16H,1-3H2,(H2,17,18,19)/t4?,5?,6-,7?,8?,9?,10-/m1/s1. The van der Waals surface area contributed by atoms with Crippen molar-refractivity contribution in [1.29, 1.82) is 0 Å². The molecule has 23 heavy (non-hydrogen) atoms. The van der Waals surface area contributed by atoms with Gasteiger partial charge in [0, 0.05) is 0 Å². The van der Waals surface area contributed by atoms with Crippen LogP contribution in [0.5, 0.6) is 0 Å². The van der Waals surface area contributed by atoms with Crippen molar-refractivity contribution in [3.63, 3.8) is 0 Å². The molecule has 5 unspecified atom stereocenters. The van der Waals surface area contributed by atoms with Gasteiger partial charge in [0.15, 0.2) is 6.29 Å². The van der Waals surface area contributed by atoms with Crippen LogP contribution in [0.2, 0.25) is 0 Å². The summed E-state index contributed by atoms with van der Waals surface area (Å²) in [5.41, 5.74) is 0. The van der Waals surface area contributed by atoms with E-state index in [2.05, 4.69) is 4.52 Å². The highest BCUT2D eigenvalue weighted by Gasteiger charge is 2.48. The third-order valence-electron chi connectivity index (χ3n) is 3.14. The number of rotatable bonds is 9. The third kappa shape index (κ3) is 5.98. The van der Waals surface area contributed by atoms with Crippen LogP contribution in [0.4, 0.5) is 0 Å². The highest BCUT2D eigenvalue weighted by atomic mass is 31.2. The zero-order valence-corrected chi connectivity index (χ0v) is 12.7. The Labute approximate surface area is 130 Å². The molecular formula is C10H21O12P. The SMILES string of the molecule is O=P(O)(O)OC1C(O)[C@H](OCC(O)C(O)C(O)CO)O[C@@H]1CO. The van der Waals surface area contributed by atoms with E-state index in [1.165, 1.54) is 0 Å². The van der Waals surface area contributed by atoms with E-state index in [9.17, 15) is 19.9 Å². The molecular weight excluding hydrogens is 343 g/mol. The van der Waals surface area contributed by atoms with Crippen molar-refractivity contribution in [1.82, 2.24) is 0 Å². The summed E-state index contributed by atoms with van der Waals surface area (Å²) >= 11 is 0. The Morgan fingerprint density at radius 1 is 1.13 bits per heavy atom. The van der Waals surface area contributed by atoms with Crippen molar-refractivity contribution < 1.29 is 59.0 Å². The minimum absolute atomic E-state index is 0.638. The minimum atomic E-state index is -4.96. The van der Waals surface area contributed by atoms with Gasteiger partial charge in [0.05, 0.1) is 19.8 Å². The molecule has 0 amide bonds. The van der Waals surface area contributed by atoms with Gasteiger partial charge in [-0.25, -0.2) is 4.57 Å². The van der Waals surface area contributed by atoms with Crippen molar-refractivity contribution in [2.24, 2.45) is 0 Å². The number of aliphatic hydroxyl groups excluding tert-OH is 6. The van der Waals surface area contributed by atoms with Crippen LogP contribution in [0.25, 0.3) is 0 Å². The molecule has 8 N–H and O–H groups in total. The van der Waals surface area contributed by atoms with Gasteiger partial charge in [0.25, 0.3) is 0 Å². The van der Waals surface area contributed by atoms with Crippen LogP contribution >= 0.6 is 7.82 Å². The molecule has 1 fully saturated rings. The number of phosphoric ester groups is 1. The molecule has 0 aromatic heterocycles. The monoisotopic (exact) mass is 364 g/mol. The molecule has 1 saturated heterocycles. The lowest BCUT2D eigenvalue weighted by atomic mass is 10.1. The number of hydrogen-bond acceptors (Lipinski definition) is 10.